The van der Waals surface area contributed by atoms with E-state index in [1.165, 1.54) is 0 Å². The van der Waals surface area contributed by atoms with Crippen molar-refractivity contribution in [2.45, 2.75) is 19.9 Å². The van der Waals surface area contributed by atoms with E-state index in [-0.39, 0.29) is 12.0 Å². The van der Waals surface area contributed by atoms with Crippen LogP contribution >= 0.6 is 0 Å². The molecule has 12 heavy (non-hydrogen) atoms. The van der Waals surface area contributed by atoms with Crippen molar-refractivity contribution in [3.63, 3.8) is 0 Å². The van der Waals surface area contributed by atoms with Crippen LogP contribution < -0.4 is 5.32 Å². The first-order valence-electron chi connectivity index (χ1n) is 4.04. The maximum atomic E-state index is 10.5. The minimum absolute atomic E-state index is 0.0161. The van der Waals surface area contributed by atoms with Crippen LogP contribution in [0.3, 0.4) is 0 Å². The molecule has 0 spiro atoms. The quantitative estimate of drug-likeness (QED) is 0.571. The van der Waals surface area contributed by atoms with Gasteiger partial charge in [-0.25, -0.2) is 0 Å². The predicted octanol–water partition coefficient (Wildman–Crippen LogP) is 0.332. The second-order valence-electron chi connectivity index (χ2n) is 2.86. The van der Waals surface area contributed by atoms with Gasteiger partial charge in [0.05, 0.1) is 12.5 Å². The molecule has 2 N–H and O–H groups in total. The second-order valence-corrected chi connectivity index (χ2v) is 2.86. The van der Waals surface area contributed by atoms with Gasteiger partial charge in [0.1, 0.15) is 0 Å². The Morgan fingerprint density at radius 3 is 2.58 bits per heavy atom. The molecular formula is C8H17NO3. The third kappa shape index (κ3) is 4.31. The summed E-state index contributed by atoms with van der Waals surface area (Å²) in [4.78, 5) is 10.5. The Hall–Kier alpha value is -0.610. The lowest BCUT2D eigenvalue weighted by molar-refractivity contribution is -0.141. The van der Waals surface area contributed by atoms with E-state index in [0.717, 1.165) is 0 Å². The predicted molar refractivity (Wildman–Crippen MR) is 46.1 cm³/mol. The Bertz CT molecular complexity index is 138. The van der Waals surface area contributed by atoms with E-state index in [9.17, 15) is 4.79 Å². The van der Waals surface area contributed by atoms with Crippen LogP contribution in [0.15, 0.2) is 0 Å². The molecule has 2 atom stereocenters. The number of rotatable bonds is 6. The van der Waals surface area contributed by atoms with Gasteiger partial charge in [0.25, 0.3) is 0 Å². The number of hydrogen-bond donors (Lipinski definition) is 2. The van der Waals surface area contributed by atoms with Crippen molar-refractivity contribution < 1.29 is 14.6 Å². The van der Waals surface area contributed by atoms with Crippen LogP contribution in [-0.2, 0) is 9.53 Å². The van der Waals surface area contributed by atoms with Crippen LogP contribution in [0.5, 0.6) is 0 Å². The highest BCUT2D eigenvalue weighted by molar-refractivity contribution is 5.70. The largest absolute Gasteiger partial charge is 0.481 e. The maximum Gasteiger partial charge on any atom is 0.307 e. The smallest absolute Gasteiger partial charge is 0.307 e. The molecule has 0 fully saturated rings. The zero-order chi connectivity index (χ0) is 9.56. The molecule has 4 nitrogen and oxygen atoms in total. The summed E-state index contributed by atoms with van der Waals surface area (Å²) >= 11 is 0. The number of nitrogens with one attached hydrogen (secondary N) is 1. The van der Waals surface area contributed by atoms with Gasteiger partial charge < -0.3 is 15.2 Å². The average Bonchev–Trinajstić information content (AvgIpc) is 2.03. The van der Waals surface area contributed by atoms with Crippen LogP contribution in [-0.4, -0.2) is 37.4 Å². The van der Waals surface area contributed by atoms with Crippen LogP contribution in [0.1, 0.15) is 13.8 Å². The molecule has 0 aliphatic carbocycles. The molecule has 0 aromatic rings. The molecular weight excluding hydrogens is 158 g/mol. The molecule has 0 aliphatic rings. The van der Waals surface area contributed by atoms with Gasteiger partial charge in [-0.2, -0.15) is 0 Å². The molecule has 0 radical (unpaired) electrons. The number of aliphatic carboxylic acids is 1. The van der Waals surface area contributed by atoms with E-state index in [1.807, 2.05) is 6.92 Å². The van der Waals surface area contributed by atoms with Gasteiger partial charge in [0, 0.05) is 19.7 Å². The van der Waals surface area contributed by atoms with Crippen molar-refractivity contribution in [1.29, 1.82) is 0 Å². The summed E-state index contributed by atoms with van der Waals surface area (Å²) in [5, 5.41) is 11.7. The van der Waals surface area contributed by atoms with E-state index >= 15 is 0 Å². The average molecular weight is 175 g/mol. The molecule has 0 aliphatic heterocycles. The standard InChI is InChI=1S/C8H17NO3/c1-6(8(10)11)7(2)9-4-5-12-3/h6-7,9H,4-5H2,1-3H3,(H,10,11). The fourth-order valence-corrected chi connectivity index (χ4v) is 0.779. The van der Waals surface area contributed by atoms with Crippen LogP contribution in [0.25, 0.3) is 0 Å². The minimum atomic E-state index is -0.771. The normalized spacial score (nSPS) is 15.6. The number of ether oxygens (including phenoxy) is 1. The monoisotopic (exact) mass is 175 g/mol. The summed E-state index contributed by atoms with van der Waals surface area (Å²) < 4.78 is 4.82. The van der Waals surface area contributed by atoms with Gasteiger partial charge >= 0.3 is 5.97 Å². The number of hydrogen-bond acceptors (Lipinski definition) is 3. The zero-order valence-electron chi connectivity index (χ0n) is 7.83. The van der Waals surface area contributed by atoms with E-state index in [4.69, 9.17) is 9.84 Å². The Labute approximate surface area is 72.9 Å². The molecule has 0 bridgehead atoms. The Morgan fingerprint density at radius 1 is 1.58 bits per heavy atom. The van der Waals surface area contributed by atoms with Crippen molar-refractivity contribution in [2.75, 3.05) is 20.3 Å². The van der Waals surface area contributed by atoms with Crippen molar-refractivity contribution in [1.82, 2.24) is 5.32 Å². The Kier molecular flexibility index (Phi) is 5.66. The lowest BCUT2D eigenvalue weighted by atomic mass is 10.0. The molecule has 0 saturated carbocycles. The fraction of sp³-hybridized carbons (Fsp3) is 0.875. The highest BCUT2D eigenvalue weighted by Gasteiger charge is 2.17. The number of carboxylic acids is 1. The summed E-state index contributed by atoms with van der Waals surface area (Å²) in [6, 6.07) is -0.0161. The molecule has 2 unspecified atom stereocenters. The summed E-state index contributed by atoms with van der Waals surface area (Å²) in [5.74, 6) is -1.13. The number of carbonyl (C=O) groups is 1. The molecule has 0 amide bonds. The summed E-state index contributed by atoms with van der Waals surface area (Å²) in [6.45, 7) is 4.84. The SMILES string of the molecule is COCCNC(C)C(C)C(=O)O. The number of methoxy groups -OCH3 is 1. The highest BCUT2D eigenvalue weighted by atomic mass is 16.5. The van der Waals surface area contributed by atoms with Gasteiger partial charge in [-0.05, 0) is 6.92 Å². The first-order valence-corrected chi connectivity index (χ1v) is 4.04. The van der Waals surface area contributed by atoms with Crippen molar-refractivity contribution in [3.8, 4) is 0 Å². The lowest BCUT2D eigenvalue weighted by Crippen LogP contribution is -2.37. The fourth-order valence-electron chi connectivity index (χ4n) is 0.779. The van der Waals surface area contributed by atoms with Crippen molar-refractivity contribution in [2.24, 2.45) is 5.92 Å². The molecule has 0 heterocycles. The molecule has 0 aromatic carbocycles. The summed E-state index contributed by atoms with van der Waals surface area (Å²) in [6.07, 6.45) is 0. The molecule has 0 rings (SSSR count). The van der Waals surface area contributed by atoms with Crippen LogP contribution in [0.2, 0.25) is 0 Å². The molecule has 4 heteroatoms. The van der Waals surface area contributed by atoms with Crippen molar-refractivity contribution in [3.05, 3.63) is 0 Å². The van der Waals surface area contributed by atoms with Gasteiger partial charge in [0.15, 0.2) is 0 Å². The zero-order valence-corrected chi connectivity index (χ0v) is 7.83. The molecule has 0 saturated heterocycles. The Morgan fingerprint density at radius 2 is 2.17 bits per heavy atom. The maximum absolute atomic E-state index is 10.5. The number of carboxylic acid groups (broad SMARTS) is 1. The van der Waals surface area contributed by atoms with E-state index < -0.39 is 5.97 Å². The molecule has 72 valence electrons. The van der Waals surface area contributed by atoms with Gasteiger partial charge in [-0.15, -0.1) is 0 Å². The third-order valence-corrected chi connectivity index (χ3v) is 1.91. The first-order chi connectivity index (χ1) is 5.59. The van der Waals surface area contributed by atoms with E-state index in [1.54, 1.807) is 14.0 Å². The topological polar surface area (TPSA) is 58.6 Å². The second kappa shape index (κ2) is 5.97. The van der Waals surface area contributed by atoms with Gasteiger partial charge in [0.2, 0.25) is 0 Å². The third-order valence-electron chi connectivity index (χ3n) is 1.91. The van der Waals surface area contributed by atoms with Crippen LogP contribution in [0.4, 0.5) is 0 Å². The first kappa shape index (κ1) is 11.4. The Balaban J connectivity index is 3.56. The summed E-state index contributed by atoms with van der Waals surface area (Å²) in [5.41, 5.74) is 0. The van der Waals surface area contributed by atoms with Crippen molar-refractivity contribution >= 4 is 5.97 Å². The van der Waals surface area contributed by atoms with E-state index in [0.29, 0.717) is 13.2 Å². The molecule has 0 aromatic heterocycles. The van der Waals surface area contributed by atoms with Gasteiger partial charge in [-0.3, -0.25) is 4.79 Å². The van der Waals surface area contributed by atoms with Crippen LogP contribution in [0, 0.1) is 5.92 Å². The lowest BCUT2D eigenvalue weighted by Gasteiger charge is -2.17. The highest BCUT2D eigenvalue weighted by Crippen LogP contribution is 2.01. The minimum Gasteiger partial charge on any atom is -0.481 e. The summed E-state index contributed by atoms with van der Waals surface area (Å²) in [7, 11) is 1.62. The van der Waals surface area contributed by atoms with E-state index in [2.05, 4.69) is 5.32 Å². The van der Waals surface area contributed by atoms with Gasteiger partial charge in [-0.1, -0.05) is 6.92 Å².